The van der Waals surface area contributed by atoms with Gasteiger partial charge in [-0.1, -0.05) is 11.6 Å². The average molecular weight is 285 g/mol. The number of H-pyrrole nitrogens is 1. The van der Waals surface area contributed by atoms with Gasteiger partial charge in [-0.15, -0.1) is 0 Å². The molecular formula is C11H6ClFN2O4. The first kappa shape index (κ1) is 13.0. The van der Waals surface area contributed by atoms with E-state index in [0.29, 0.717) is 0 Å². The van der Waals surface area contributed by atoms with Crippen LogP contribution in [0.1, 0.15) is 10.4 Å². The maximum Gasteiger partial charge on any atom is 0.342 e. The number of hydrogen-bond acceptors (Lipinski definition) is 3. The number of nitrogens with one attached hydrogen (secondary N) is 1. The summed E-state index contributed by atoms with van der Waals surface area (Å²) in [6, 6.07) is 3.39. The van der Waals surface area contributed by atoms with Gasteiger partial charge in [-0.2, -0.15) is 0 Å². The minimum Gasteiger partial charge on any atom is -0.477 e. The maximum absolute atomic E-state index is 13.0. The van der Waals surface area contributed by atoms with E-state index in [1.165, 1.54) is 6.07 Å². The molecule has 98 valence electrons. The molecule has 0 atom stereocenters. The largest absolute Gasteiger partial charge is 0.477 e. The van der Waals surface area contributed by atoms with Crippen LogP contribution in [0.2, 0.25) is 5.02 Å². The van der Waals surface area contributed by atoms with E-state index < -0.39 is 28.6 Å². The van der Waals surface area contributed by atoms with E-state index in [1.54, 1.807) is 0 Å². The highest BCUT2D eigenvalue weighted by molar-refractivity contribution is 6.30. The van der Waals surface area contributed by atoms with E-state index in [1.807, 2.05) is 4.98 Å². The van der Waals surface area contributed by atoms with Gasteiger partial charge in [0, 0.05) is 6.20 Å². The molecule has 1 aromatic heterocycles. The number of hydrogen-bond donors (Lipinski definition) is 2. The van der Waals surface area contributed by atoms with Gasteiger partial charge in [0.25, 0.3) is 5.56 Å². The number of carbonyl (C=O) groups is 1. The molecule has 6 nitrogen and oxygen atoms in total. The summed E-state index contributed by atoms with van der Waals surface area (Å²) in [6.07, 6.45) is 0.854. The summed E-state index contributed by atoms with van der Waals surface area (Å²) >= 11 is 5.57. The van der Waals surface area contributed by atoms with Crippen LogP contribution in [0.3, 0.4) is 0 Å². The molecule has 1 heterocycles. The Bertz CT molecular complexity index is 781. The van der Waals surface area contributed by atoms with Crippen LogP contribution in [0.15, 0.2) is 34.0 Å². The third kappa shape index (κ3) is 2.41. The van der Waals surface area contributed by atoms with Gasteiger partial charge < -0.3 is 5.11 Å². The first-order valence-electron chi connectivity index (χ1n) is 4.95. The van der Waals surface area contributed by atoms with Crippen molar-refractivity contribution in [3.8, 4) is 5.69 Å². The van der Waals surface area contributed by atoms with Crippen LogP contribution in [0.4, 0.5) is 4.39 Å². The van der Waals surface area contributed by atoms with Crippen LogP contribution in [-0.4, -0.2) is 20.6 Å². The van der Waals surface area contributed by atoms with Gasteiger partial charge in [0.05, 0.1) is 10.7 Å². The standard InChI is InChI=1S/C11H6ClFN2O4/c12-7-3-5(1-2-8(7)13)15-4-6(10(17)18)9(16)14-11(15)19/h1-4H,(H,17,18)(H,14,16,19). The smallest absolute Gasteiger partial charge is 0.342 e. The van der Waals surface area contributed by atoms with Crippen molar-refractivity contribution in [1.82, 2.24) is 9.55 Å². The summed E-state index contributed by atoms with van der Waals surface area (Å²) in [5.41, 5.74) is -2.34. The third-order valence-electron chi connectivity index (χ3n) is 2.35. The molecule has 0 amide bonds. The lowest BCUT2D eigenvalue weighted by Gasteiger charge is -2.06. The zero-order valence-corrected chi connectivity index (χ0v) is 9.94. The van der Waals surface area contributed by atoms with E-state index >= 15 is 0 Å². The highest BCUT2D eigenvalue weighted by atomic mass is 35.5. The highest BCUT2D eigenvalue weighted by Gasteiger charge is 2.13. The topological polar surface area (TPSA) is 92.2 Å². The Morgan fingerprint density at radius 3 is 2.63 bits per heavy atom. The molecule has 0 spiro atoms. The van der Waals surface area contributed by atoms with Crippen molar-refractivity contribution in [3.05, 3.63) is 61.6 Å². The molecule has 0 aliphatic rings. The second kappa shape index (κ2) is 4.69. The van der Waals surface area contributed by atoms with Crippen LogP contribution in [0.5, 0.6) is 0 Å². The van der Waals surface area contributed by atoms with Gasteiger partial charge in [0.1, 0.15) is 11.4 Å². The number of aromatic nitrogens is 2. The zero-order valence-electron chi connectivity index (χ0n) is 9.18. The van der Waals surface area contributed by atoms with E-state index in [9.17, 15) is 18.8 Å². The number of nitrogens with zero attached hydrogens (tertiary/aromatic N) is 1. The van der Waals surface area contributed by atoms with Crippen molar-refractivity contribution < 1.29 is 14.3 Å². The Labute approximate surface area is 109 Å². The van der Waals surface area contributed by atoms with Gasteiger partial charge >= 0.3 is 11.7 Å². The Balaban J connectivity index is 2.71. The van der Waals surface area contributed by atoms with Crippen LogP contribution in [0, 0.1) is 5.82 Å². The molecule has 8 heteroatoms. The van der Waals surface area contributed by atoms with Crippen molar-refractivity contribution in [1.29, 1.82) is 0 Å². The van der Waals surface area contributed by atoms with Crippen molar-refractivity contribution in [3.63, 3.8) is 0 Å². The lowest BCUT2D eigenvalue weighted by atomic mass is 10.3. The molecule has 2 aromatic rings. The third-order valence-corrected chi connectivity index (χ3v) is 2.64. The van der Waals surface area contributed by atoms with Crippen LogP contribution in [-0.2, 0) is 0 Å². The number of rotatable bonds is 2. The van der Waals surface area contributed by atoms with E-state index in [4.69, 9.17) is 16.7 Å². The molecule has 1 aromatic carbocycles. The fourth-order valence-electron chi connectivity index (χ4n) is 1.45. The molecule has 19 heavy (non-hydrogen) atoms. The number of benzene rings is 1. The first-order valence-corrected chi connectivity index (χ1v) is 5.32. The zero-order chi connectivity index (χ0) is 14.2. The van der Waals surface area contributed by atoms with Crippen LogP contribution < -0.4 is 11.2 Å². The van der Waals surface area contributed by atoms with Crippen molar-refractivity contribution in [2.75, 3.05) is 0 Å². The van der Waals surface area contributed by atoms with Crippen LogP contribution in [0.25, 0.3) is 5.69 Å². The maximum atomic E-state index is 13.0. The normalized spacial score (nSPS) is 10.4. The SMILES string of the molecule is O=C(O)c1cn(-c2ccc(F)c(Cl)c2)c(=O)[nH]c1=O. The molecule has 0 saturated carbocycles. The minimum atomic E-state index is -1.48. The summed E-state index contributed by atoms with van der Waals surface area (Å²) in [6.45, 7) is 0. The van der Waals surface area contributed by atoms with E-state index in [0.717, 1.165) is 22.9 Å². The molecule has 0 bridgehead atoms. The fraction of sp³-hybridized carbons (Fsp3) is 0. The summed E-state index contributed by atoms with van der Waals surface area (Å²) in [4.78, 5) is 35.5. The summed E-state index contributed by atoms with van der Waals surface area (Å²) in [7, 11) is 0. The summed E-state index contributed by atoms with van der Waals surface area (Å²) in [5, 5.41) is 8.58. The second-order valence-corrected chi connectivity index (χ2v) is 3.98. The summed E-state index contributed by atoms with van der Waals surface area (Å²) < 4.78 is 13.9. The molecule has 0 saturated heterocycles. The van der Waals surface area contributed by atoms with Crippen molar-refractivity contribution >= 4 is 17.6 Å². The van der Waals surface area contributed by atoms with Gasteiger partial charge in [0.15, 0.2) is 0 Å². The van der Waals surface area contributed by atoms with Gasteiger partial charge in [-0.05, 0) is 18.2 Å². The number of carboxylic acid groups (broad SMARTS) is 1. The molecule has 0 aliphatic heterocycles. The van der Waals surface area contributed by atoms with E-state index in [-0.39, 0.29) is 10.7 Å². The number of aromatic carboxylic acids is 1. The number of halogens is 2. The highest BCUT2D eigenvalue weighted by Crippen LogP contribution is 2.17. The predicted molar refractivity (Wildman–Crippen MR) is 64.6 cm³/mol. The van der Waals surface area contributed by atoms with Crippen molar-refractivity contribution in [2.45, 2.75) is 0 Å². The minimum absolute atomic E-state index is 0.134. The molecule has 0 aliphatic carbocycles. The van der Waals surface area contributed by atoms with Crippen molar-refractivity contribution in [2.24, 2.45) is 0 Å². The quantitative estimate of drug-likeness (QED) is 0.861. The molecular weight excluding hydrogens is 279 g/mol. The number of carboxylic acids is 1. The Morgan fingerprint density at radius 1 is 1.37 bits per heavy atom. The van der Waals surface area contributed by atoms with Crippen LogP contribution >= 0.6 is 11.6 Å². The Morgan fingerprint density at radius 2 is 2.05 bits per heavy atom. The lowest BCUT2D eigenvalue weighted by Crippen LogP contribution is -2.32. The van der Waals surface area contributed by atoms with Gasteiger partial charge in [-0.25, -0.2) is 14.0 Å². The fourth-order valence-corrected chi connectivity index (χ4v) is 1.62. The molecule has 2 rings (SSSR count). The summed E-state index contributed by atoms with van der Waals surface area (Å²) in [5.74, 6) is -2.16. The van der Waals surface area contributed by atoms with Gasteiger partial charge in [-0.3, -0.25) is 14.3 Å². The van der Waals surface area contributed by atoms with E-state index in [2.05, 4.69) is 0 Å². The Kier molecular flexibility index (Phi) is 3.22. The first-order chi connectivity index (χ1) is 8.90. The predicted octanol–water partition coefficient (Wildman–Crippen LogP) is 1.02. The lowest BCUT2D eigenvalue weighted by molar-refractivity contribution is 0.0694. The monoisotopic (exact) mass is 284 g/mol. The average Bonchev–Trinajstić information content (AvgIpc) is 2.32. The van der Waals surface area contributed by atoms with Gasteiger partial charge in [0.2, 0.25) is 0 Å². The Hall–Kier alpha value is -2.41. The molecule has 0 unspecified atom stereocenters. The molecule has 0 radical (unpaired) electrons. The second-order valence-electron chi connectivity index (χ2n) is 3.58. The number of aromatic amines is 1. The molecule has 2 N–H and O–H groups in total. The molecule has 0 fully saturated rings.